The maximum Gasteiger partial charge on any atom is 0.306 e. The molecule has 0 bridgehead atoms. The highest BCUT2D eigenvalue weighted by Gasteiger charge is 2.19. The molecular weight excluding hydrogens is 937 g/mol. The average Bonchev–Trinajstić information content (AvgIpc) is 3.42. The summed E-state index contributed by atoms with van der Waals surface area (Å²) in [7, 11) is 0. The van der Waals surface area contributed by atoms with Crippen molar-refractivity contribution in [3.05, 3.63) is 85.1 Å². The molecule has 6 heteroatoms. The monoisotopic (exact) mass is 1060 g/mol. The summed E-state index contributed by atoms with van der Waals surface area (Å²) in [6, 6.07) is 0. The second kappa shape index (κ2) is 64.1. The van der Waals surface area contributed by atoms with Crippen LogP contribution in [0.3, 0.4) is 0 Å². The Kier molecular flexibility index (Phi) is 61.2. The number of rotatable bonds is 59. The number of carbonyl (C=O) groups is 3. The van der Waals surface area contributed by atoms with E-state index in [-0.39, 0.29) is 31.1 Å². The van der Waals surface area contributed by atoms with Crippen LogP contribution in [-0.4, -0.2) is 37.2 Å². The molecule has 1 unspecified atom stereocenters. The molecule has 0 rings (SSSR count). The standard InChI is InChI=1S/C70H122O6/c1-4-7-10-13-16-19-22-24-26-28-30-32-34-35-37-38-40-42-44-46-48-51-54-57-60-63-69(72)75-66-67(65-74-68(71)62-59-56-53-50-21-18-15-12-9-6-3)76-70(73)64-61-58-55-52-49-47-45-43-41-39-36-33-31-29-27-25-23-20-17-14-11-8-5-2/h8,11,17,20,22,24-25,27-28,30-31,33-35,67H,4-7,9-10,12-16,18-19,21,23,26,29,32,36-66H2,1-3H3/b11-8-,20-17-,24-22-,27-25-,30-28-,33-31-,35-34-. The Morgan fingerprint density at radius 1 is 0.276 bits per heavy atom. The number of esters is 3. The third-order valence-corrected chi connectivity index (χ3v) is 14.1. The van der Waals surface area contributed by atoms with Gasteiger partial charge in [0.2, 0.25) is 0 Å². The van der Waals surface area contributed by atoms with E-state index in [0.29, 0.717) is 19.3 Å². The fourth-order valence-electron chi connectivity index (χ4n) is 9.27. The van der Waals surface area contributed by atoms with Gasteiger partial charge in [-0.15, -0.1) is 0 Å². The first kappa shape index (κ1) is 72.6. The molecule has 0 heterocycles. The van der Waals surface area contributed by atoms with Crippen molar-refractivity contribution >= 4 is 17.9 Å². The van der Waals surface area contributed by atoms with Gasteiger partial charge in [0.15, 0.2) is 6.10 Å². The quantitative estimate of drug-likeness (QED) is 0.0261. The van der Waals surface area contributed by atoms with Crippen LogP contribution in [0.4, 0.5) is 0 Å². The molecule has 0 aliphatic carbocycles. The first-order chi connectivity index (χ1) is 37.5. The fraction of sp³-hybridized carbons (Fsp3) is 0.757. The highest BCUT2D eigenvalue weighted by molar-refractivity contribution is 5.71. The molecule has 0 amide bonds. The SMILES string of the molecule is CC/C=C\C/C=C\C/C=C\C/C=C\CCCCCCCCCCCCC(=O)OC(COC(=O)CCCCCCCCCCCC)COC(=O)CCCCCCCCCCCC/C=C\C/C=C\C/C=C\CCCCCCC. The Morgan fingerprint density at radius 3 is 0.803 bits per heavy atom. The molecule has 0 aliphatic rings. The van der Waals surface area contributed by atoms with Crippen LogP contribution in [0, 0.1) is 0 Å². The van der Waals surface area contributed by atoms with Crippen molar-refractivity contribution in [3.8, 4) is 0 Å². The summed E-state index contributed by atoms with van der Waals surface area (Å²) in [6.07, 6.45) is 84.5. The lowest BCUT2D eigenvalue weighted by molar-refractivity contribution is -0.167. The number of unbranched alkanes of at least 4 members (excludes halogenated alkanes) is 34. The maximum absolute atomic E-state index is 12.9. The minimum atomic E-state index is -0.780. The zero-order valence-electron chi connectivity index (χ0n) is 50.3. The second-order valence-electron chi connectivity index (χ2n) is 21.6. The van der Waals surface area contributed by atoms with Crippen LogP contribution >= 0.6 is 0 Å². The third kappa shape index (κ3) is 61.4. The number of hydrogen-bond acceptors (Lipinski definition) is 6. The van der Waals surface area contributed by atoms with E-state index in [9.17, 15) is 14.4 Å². The van der Waals surface area contributed by atoms with E-state index in [2.05, 4.69) is 106 Å². The van der Waals surface area contributed by atoms with E-state index in [1.54, 1.807) is 0 Å². The largest absolute Gasteiger partial charge is 0.462 e. The molecule has 438 valence electrons. The van der Waals surface area contributed by atoms with E-state index in [4.69, 9.17) is 14.2 Å². The molecule has 0 saturated heterocycles. The number of ether oxygens (including phenoxy) is 3. The lowest BCUT2D eigenvalue weighted by Crippen LogP contribution is -2.30. The summed E-state index contributed by atoms with van der Waals surface area (Å²) in [6.45, 7) is 6.53. The molecule has 0 aromatic rings. The molecular formula is C70H122O6. The van der Waals surface area contributed by atoms with Crippen molar-refractivity contribution in [2.75, 3.05) is 13.2 Å². The van der Waals surface area contributed by atoms with Gasteiger partial charge in [0.1, 0.15) is 13.2 Å². The van der Waals surface area contributed by atoms with E-state index >= 15 is 0 Å². The van der Waals surface area contributed by atoms with Crippen molar-refractivity contribution < 1.29 is 28.6 Å². The van der Waals surface area contributed by atoms with Crippen molar-refractivity contribution in [2.45, 2.75) is 329 Å². The van der Waals surface area contributed by atoms with Crippen molar-refractivity contribution in [1.29, 1.82) is 0 Å². The molecule has 0 radical (unpaired) electrons. The number of hydrogen-bond donors (Lipinski definition) is 0. The van der Waals surface area contributed by atoms with Gasteiger partial charge in [-0.2, -0.15) is 0 Å². The molecule has 6 nitrogen and oxygen atoms in total. The van der Waals surface area contributed by atoms with Crippen LogP contribution in [0.1, 0.15) is 323 Å². The van der Waals surface area contributed by atoms with E-state index in [0.717, 1.165) is 96.3 Å². The zero-order chi connectivity index (χ0) is 55.0. The summed E-state index contributed by atoms with van der Waals surface area (Å²) >= 11 is 0. The van der Waals surface area contributed by atoms with E-state index in [1.807, 2.05) is 0 Å². The molecule has 0 aromatic carbocycles. The van der Waals surface area contributed by atoms with Crippen molar-refractivity contribution in [1.82, 2.24) is 0 Å². The number of allylic oxidation sites excluding steroid dienone is 14. The topological polar surface area (TPSA) is 78.9 Å². The Balaban J connectivity index is 4.25. The lowest BCUT2D eigenvalue weighted by atomic mass is 10.0. The smallest absolute Gasteiger partial charge is 0.306 e. The minimum absolute atomic E-state index is 0.0766. The summed E-state index contributed by atoms with van der Waals surface area (Å²) in [5, 5.41) is 0. The van der Waals surface area contributed by atoms with Gasteiger partial charge in [-0.3, -0.25) is 14.4 Å². The van der Waals surface area contributed by atoms with Crippen LogP contribution < -0.4 is 0 Å². The Hall–Kier alpha value is -3.41. The van der Waals surface area contributed by atoms with Crippen LogP contribution in [0.2, 0.25) is 0 Å². The van der Waals surface area contributed by atoms with Crippen LogP contribution in [0.5, 0.6) is 0 Å². The minimum Gasteiger partial charge on any atom is -0.462 e. The lowest BCUT2D eigenvalue weighted by Gasteiger charge is -2.18. The third-order valence-electron chi connectivity index (χ3n) is 14.1. The second-order valence-corrected chi connectivity index (χ2v) is 21.6. The molecule has 0 saturated carbocycles. The van der Waals surface area contributed by atoms with Gasteiger partial charge in [-0.25, -0.2) is 0 Å². The van der Waals surface area contributed by atoms with Gasteiger partial charge in [-0.05, 0) is 96.3 Å². The van der Waals surface area contributed by atoms with Crippen molar-refractivity contribution in [2.24, 2.45) is 0 Å². The van der Waals surface area contributed by atoms with E-state index in [1.165, 1.54) is 186 Å². The maximum atomic E-state index is 12.9. The molecule has 76 heavy (non-hydrogen) atoms. The Bertz CT molecular complexity index is 1450. The van der Waals surface area contributed by atoms with Gasteiger partial charge in [0.25, 0.3) is 0 Å². The predicted molar refractivity (Wildman–Crippen MR) is 330 cm³/mol. The van der Waals surface area contributed by atoms with Gasteiger partial charge in [-0.1, -0.05) is 292 Å². The Morgan fingerprint density at radius 2 is 0.513 bits per heavy atom. The Labute approximate surface area is 471 Å². The first-order valence-electron chi connectivity index (χ1n) is 32.6. The summed E-state index contributed by atoms with van der Waals surface area (Å²) in [4.78, 5) is 38.3. The molecule has 0 aliphatic heterocycles. The summed E-state index contributed by atoms with van der Waals surface area (Å²) in [5.74, 6) is -0.874. The van der Waals surface area contributed by atoms with Gasteiger partial charge in [0, 0.05) is 19.3 Å². The summed E-state index contributed by atoms with van der Waals surface area (Å²) < 4.78 is 16.9. The van der Waals surface area contributed by atoms with Gasteiger partial charge >= 0.3 is 17.9 Å². The van der Waals surface area contributed by atoms with Crippen LogP contribution in [0.25, 0.3) is 0 Å². The van der Waals surface area contributed by atoms with Crippen molar-refractivity contribution in [3.63, 3.8) is 0 Å². The predicted octanol–water partition coefficient (Wildman–Crippen LogP) is 22.3. The first-order valence-corrected chi connectivity index (χ1v) is 32.6. The fourth-order valence-corrected chi connectivity index (χ4v) is 9.27. The van der Waals surface area contributed by atoms with Crippen LogP contribution in [0.15, 0.2) is 85.1 Å². The molecule has 0 N–H and O–H groups in total. The van der Waals surface area contributed by atoms with Gasteiger partial charge < -0.3 is 14.2 Å². The molecule has 0 spiro atoms. The molecule has 1 atom stereocenters. The molecule has 0 aromatic heterocycles. The van der Waals surface area contributed by atoms with Crippen LogP contribution in [-0.2, 0) is 28.6 Å². The van der Waals surface area contributed by atoms with Gasteiger partial charge in [0.05, 0.1) is 0 Å². The normalized spacial score (nSPS) is 12.6. The average molecular weight is 1060 g/mol. The van der Waals surface area contributed by atoms with E-state index < -0.39 is 6.10 Å². The highest BCUT2D eigenvalue weighted by Crippen LogP contribution is 2.16. The highest BCUT2D eigenvalue weighted by atomic mass is 16.6. The summed E-state index contributed by atoms with van der Waals surface area (Å²) in [5.41, 5.74) is 0. The zero-order valence-corrected chi connectivity index (χ0v) is 50.3. The number of carbonyl (C=O) groups excluding carboxylic acids is 3. The molecule has 0 fully saturated rings.